The lowest BCUT2D eigenvalue weighted by atomic mass is 10.0. The third kappa shape index (κ3) is 3.73. The smallest absolute Gasteiger partial charge is 0.138 e. The summed E-state index contributed by atoms with van der Waals surface area (Å²) in [5.41, 5.74) is 0.0195. The van der Waals surface area contributed by atoms with Gasteiger partial charge < -0.3 is 20.3 Å². The van der Waals surface area contributed by atoms with Crippen LogP contribution in [0.2, 0.25) is 10.0 Å². The number of halogens is 2. The maximum Gasteiger partial charge on any atom is 0.138 e. The van der Waals surface area contributed by atoms with Crippen molar-refractivity contribution >= 4 is 23.2 Å². The highest BCUT2D eigenvalue weighted by atomic mass is 35.5. The molecule has 102 valence electrons. The maximum absolute atomic E-state index is 9.17. The van der Waals surface area contributed by atoms with Gasteiger partial charge in [0.2, 0.25) is 0 Å². The van der Waals surface area contributed by atoms with Crippen LogP contribution >= 0.6 is 23.2 Å². The van der Waals surface area contributed by atoms with Gasteiger partial charge in [0.25, 0.3) is 0 Å². The summed E-state index contributed by atoms with van der Waals surface area (Å²) >= 11 is 12.1. The molecule has 0 aliphatic carbocycles. The standard InChI is InChI=1S/C12H17Cl2NO3/c1-12(6-16,7-17)15-5-8-3-10(14)11(18-2)4-9(8)13/h3-4,15-17H,5-7H2,1-2H3. The lowest BCUT2D eigenvalue weighted by molar-refractivity contribution is 0.103. The molecule has 0 unspecified atom stereocenters. The van der Waals surface area contributed by atoms with E-state index in [0.717, 1.165) is 5.56 Å². The molecule has 0 amide bonds. The Morgan fingerprint density at radius 1 is 1.22 bits per heavy atom. The molecule has 0 fully saturated rings. The van der Waals surface area contributed by atoms with Gasteiger partial charge in [-0.25, -0.2) is 0 Å². The van der Waals surface area contributed by atoms with Gasteiger partial charge in [-0.15, -0.1) is 0 Å². The topological polar surface area (TPSA) is 61.7 Å². The summed E-state index contributed by atoms with van der Waals surface area (Å²) in [6.07, 6.45) is 0. The van der Waals surface area contributed by atoms with E-state index in [2.05, 4.69) is 5.32 Å². The zero-order valence-corrected chi connectivity index (χ0v) is 11.8. The summed E-state index contributed by atoms with van der Waals surface area (Å²) < 4.78 is 5.05. The van der Waals surface area contributed by atoms with E-state index < -0.39 is 5.54 Å². The number of aliphatic hydroxyl groups is 2. The van der Waals surface area contributed by atoms with Crippen LogP contribution in [0.25, 0.3) is 0 Å². The quantitative estimate of drug-likeness (QED) is 0.749. The summed E-state index contributed by atoms with van der Waals surface area (Å²) in [5.74, 6) is 0.512. The van der Waals surface area contributed by atoms with Crippen LogP contribution in [0.3, 0.4) is 0 Å². The predicted octanol–water partition coefficient (Wildman–Crippen LogP) is 1.83. The summed E-state index contributed by atoms with van der Waals surface area (Å²) in [6, 6.07) is 3.33. The zero-order valence-electron chi connectivity index (χ0n) is 10.3. The Balaban J connectivity index is 2.83. The molecule has 0 aliphatic rings. The number of methoxy groups -OCH3 is 1. The molecule has 0 aromatic heterocycles. The van der Waals surface area contributed by atoms with Crippen molar-refractivity contribution in [2.75, 3.05) is 20.3 Å². The van der Waals surface area contributed by atoms with E-state index in [4.69, 9.17) is 38.2 Å². The van der Waals surface area contributed by atoms with Crippen molar-refractivity contribution in [3.05, 3.63) is 27.7 Å². The van der Waals surface area contributed by atoms with Crippen LogP contribution in [0.4, 0.5) is 0 Å². The van der Waals surface area contributed by atoms with Crippen LogP contribution < -0.4 is 10.1 Å². The fourth-order valence-corrected chi connectivity index (χ4v) is 1.82. The second kappa shape index (κ2) is 6.59. The number of hydrogen-bond acceptors (Lipinski definition) is 4. The van der Waals surface area contributed by atoms with Crippen LogP contribution in [-0.2, 0) is 6.54 Å². The van der Waals surface area contributed by atoms with E-state index in [1.165, 1.54) is 7.11 Å². The van der Waals surface area contributed by atoms with Gasteiger partial charge in [0.1, 0.15) is 5.75 Å². The highest BCUT2D eigenvalue weighted by molar-refractivity contribution is 6.34. The van der Waals surface area contributed by atoms with Gasteiger partial charge >= 0.3 is 0 Å². The van der Waals surface area contributed by atoms with Gasteiger partial charge in [-0.05, 0) is 18.6 Å². The van der Waals surface area contributed by atoms with E-state index in [9.17, 15) is 0 Å². The number of ether oxygens (including phenoxy) is 1. The number of nitrogens with one attached hydrogen (secondary N) is 1. The van der Waals surface area contributed by atoms with Crippen molar-refractivity contribution in [3.63, 3.8) is 0 Å². The molecule has 1 rings (SSSR count). The van der Waals surface area contributed by atoms with Crippen LogP contribution in [0.5, 0.6) is 5.75 Å². The molecular formula is C12H17Cl2NO3. The van der Waals surface area contributed by atoms with E-state index in [1.807, 2.05) is 0 Å². The van der Waals surface area contributed by atoms with Crippen molar-refractivity contribution in [3.8, 4) is 5.75 Å². The second-order valence-corrected chi connectivity index (χ2v) is 5.12. The van der Waals surface area contributed by atoms with Crippen LogP contribution in [0.15, 0.2) is 12.1 Å². The lowest BCUT2D eigenvalue weighted by Gasteiger charge is -2.26. The van der Waals surface area contributed by atoms with Gasteiger partial charge in [-0.3, -0.25) is 0 Å². The average molecular weight is 294 g/mol. The zero-order chi connectivity index (χ0) is 13.8. The molecule has 0 aliphatic heterocycles. The molecule has 0 bridgehead atoms. The molecular weight excluding hydrogens is 277 g/mol. The van der Waals surface area contributed by atoms with E-state index in [-0.39, 0.29) is 13.2 Å². The first kappa shape index (κ1) is 15.5. The lowest BCUT2D eigenvalue weighted by Crippen LogP contribution is -2.48. The van der Waals surface area contributed by atoms with Gasteiger partial charge in [0, 0.05) is 17.6 Å². The first-order valence-electron chi connectivity index (χ1n) is 5.44. The summed E-state index contributed by atoms with van der Waals surface area (Å²) in [4.78, 5) is 0. The normalized spacial score (nSPS) is 11.7. The van der Waals surface area contributed by atoms with Gasteiger partial charge in [0.15, 0.2) is 0 Å². The summed E-state index contributed by atoms with van der Waals surface area (Å²) in [7, 11) is 1.52. The van der Waals surface area contributed by atoms with E-state index in [1.54, 1.807) is 19.1 Å². The third-order valence-electron chi connectivity index (χ3n) is 2.72. The van der Waals surface area contributed by atoms with Gasteiger partial charge in [-0.1, -0.05) is 23.2 Å². The van der Waals surface area contributed by atoms with Crippen molar-refractivity contribution < 1.29 is 14.9 Å². The Hall–Kier alpha value is -0.520. The Labute approximate surface area is 116 Å². The van der Waals surface area contributed by atoms with Crippen molar-refractivity contribution in [2.24, 2.45) is 0 Å². The highest BCUT2D eigenvalue weighted by Gasteiger charge is 2.21. The van der Waals surface area contributed by atoms with E-state index >= 15 is 0 Å². The molecule has 0 atom stereocenters. The fourth-order valence-electron chi connectivity index (χ4n) is 1.33. The van der Waals surface area contributed by atoms with Crippen LogP contribution in [0, 0.1) is 0 Å². The van der Waals surface area contributed by atoms with Crippen molar-refractivity contribution in [1.82, 2.24) is 5.32 Å². The summed E-state index contributed by atoms with van der Waals surface area (Å²) in [6.45, 7) is 1.75. The Kier molecular flexibility index (Phi) is 5.69. The molecule has 0 saturated heterocycles. The minimum atomic E-state index is -0.754. The van der Waals surface area contributed by atoms with Gasteiger partial charge in [-0.2, -0.15) is 0 Å². The predicted molar refractivity (Wildman–Crippen MR) is 72.4 cm³/mol. The van der Waals surface area contributed by atoms with Crippen LogP contribution in [0.1, 0.15) is 12.5 Å². The number of aliphatic hydroxyl groups excluding tert-OH is 2. The SMILES string of the molecule is COc1cc(Cl)c(CNC(C)(CO)CO)cc1Cl. The molecule has 1 aromatic carbocycles. The minimum absolute atomic E-state index is 0.176. The van der Waals surface area contributed by atoms with E-state index in [0.29, 0.717) is 22.3 Å². The molecule has 6 heteroatoms. The molecule has 18 heavy (non-hydrogen) atoms. The first-order valence-corrected chi connectivity index (χ1v) is 6.20. The second-order valence-electron chi connectivity index (χ2n) is 4.31. The summed E-state index contributed by atoms with van der Waals surface area (Å²) in [5, 5.41) is 22.4. The molecule has 0 radical (unpaired) electrons. The van der Waals surface area contributed by atoms with Gasteiger partial charge in [0.05, 0.1) is 30.9 Å². The molecule has 0 heterocycles. The Bertz CT molecular complexity index is 409. The van der Waals surface area contributed by atoms with Crippen LogP contribution in [-0.4, -0.2) is 36.1 Å². The number of hydrogen-bond donors (Lipinski definition) is 3. The maximum atomic E-state index is 9.17. The number of benzene rings is 1. The molecule has 0 saturated carbocycles. The average Bonchev–Trinajstić information content (AvgIpc) is 2.38. The molecule has 3 N–H and O–H groups in total. The fraction of sp³-hybridized carbons (Fsp3) is 0.500. The molecule has 4 nitrogen and oxygen atoms in total. The molecule has 0 spiro atoms. The third-order valence-corrected chi connectivity index (χ3v) is 3.37. The number of rotatable bonds is 6. The van der Waals surface area contributed by atoms with Crippen molar-refractivity contribution in [2.45, 2.75) is 19.0 Å². The minimum Gasteiger partial charge on any atom is -0.495 e. The monoisotopic (exact) mass is 293 g/mol. The molecule has 1 aromatic rings. The largest absolute Gasteiger partial charge is 0.495 e. The Morgan fingerprint density at radius 3 is 2.33 bits per heavy atom. The highest BCUT2D eigenvalue weighted by Crippen LogP contribution is 2.31. The first-order chi connectivity index (χ1) is 8.45. The van der Waals surface area contributed by atoms with Crippen molar-refractivity contribution in [1.29, 1.82) is 0 Å². The Morgan fingerprint density at radius 2 is 1.83 bits per heavy atom.